The third kappa shape index (κ3) is 3.81. The van der Waals surface area contributed by atoms with Gasteiger partial charge in [-0.25, -0.2) is 0 Å². The first-order valence-corrected chi connectivity index (χ1v) is 3.92. The molecular weight excluding hydrogens is 138 g/mol. The molecule has 0 aromatic carbocycles. The molecule has 0 rings (SSSR count). The Labute approximate surface area is 68.5 Å². The fourth-order valence-corrected chi connectivity index (χ4v) is 0.734. The van der Waals surface area contributed by atoms with Crippen molar-refractivity contribution in [2.45, 2.75) is 33.6 Å². The molecule has 2 N–H and O–H groups in total. The fourth-order valence-electron chi connectivity index (χ4n) is 0.734. The highest BCUT2D eigenvalue weighted by atomic mass is 16.1. The summed E-state index contributed by atoms with van der Waals surface area (Å²) in [6, 6.07) is 0. The van der Waals surface area contributed by atoms with Crippen molar-refractivity contribution in [3.05, 3.63) is 12.2 Å². The van der Waals surface area contributed by atoms with Crippen molar-refractivity contribution >= 4 is 5.91 Å². The topological polar surface area (TPSA) is 43.1 Å². The van der Waals surface area contributed by atoms with Crippen LogP contribution >= 0.6 is 0 Å². The summed E-state index contributed by atoms with van der Waals surface area (Å²) in [6.45, 7) is 5.72. The van der Waals surface area contributed by atoms with Crippen LogP contribution in [0.2, 0.25) is 0 Å². The van der Waals surface area contributed by atoms with Crippen molar-refractivity contribution in [1.29, 1.82) is 0 Å². The van der Waals surface area contributed by atoms with Crippen LogP contribution in [-0.4, -0.2) is 5.91 Å². The number of hydrogen-bond donors (Lipinski definition) is 1. The summed E-state index contributed by atoms with van der Waals surface area (Å²) in [5.41, 5.74) is 4.83. The number of nitrogens with two attached hydrogens (primary N) is 1. The third-order valence-electron chi connectivity index (χ3n) is 1.84. The zero-order valence-corrected chi connectivity index (χ0v) is 7.55. The van der Waals surface area contributed by atoms with Gasteiger partial charge in [0.1, 0.15) is 0 Å². The van der Waals surface area contributed by atoms with E-state index in [0.29, 0.717) is 0 Å². The SMILES string of the molecule is CC=CCCC(C)(C)C(N)=O. The monoisotopic (exact) mass is 155 g/mol. The number of rotatable bonds is 4. The summed E-state index contributed by atoms with van der Waals surface area (Å²) in [5.74, 6) is -0.220. The van der Waals surface area contributed by atoms with Crippen LogP contribution in [0, 0.1) is 5.41 Å². The second-order valence-electron chi connectivity index (χ2n) is 3.36. The highest BCUT2D eigenvalue weighted by Gasteiger charge is 2.23. The van der Waals surface area contributed by atoms with E-state index in [2.05, 4.69) is 0 Å². The smallest absolute Gasteiger partial charge is 0.223 e. The van der Waals surface area contributed by atoms with E-state index in [1.165, 1.54) is 0 Å². The number of hydrogen-bond acceptors (Lipinski definition) is 1. The van der Waals surface area contributed by atoms with Crippen LogP contribution in [0.1, 0.15) is 33.6 Å². The average molecular weight is 155 g/mol. The minimum absolute atomic E-state index is 0.220. The summed E-state index contributed by atoms with van der Waals surface area (Å²) < 4.78 is 0. The molecule has 11 heavy (non-hydrogen) atoms. The van der Waals surface area contributed by atoms with E-state index in [9.17, 15) is 4.79 Å². The average Bonchev–Trinajstić information content (AvgIpc) is 1.88. The van der Waals surface area contributed by atoms with Crippen LogP contribution in [0.15, 0.2) is 12.2 Å². The Morgan fingerprint density at radius 1 is 1.55 bits per heavy atom. The summed E-state index contributed by atoms with van der Waals surface area (Å²) in [6.07, 6.45) is 5.78. The molecule has 0 aromatic rings. The van der Waals surface area contributed by atoms with Gasteiger partial charge in [-0.1, -0.05) is 26.0 Å². The maximum Gasteiger partial charge on any atom is 0.223 e. The maximum absolute atomic E-state index is 10.8. The van der Waals surface area contributed by atoms with Crippen molar-refractivity contribution < 1.29 is 4.79 Å². The van der Waals surface area contributed by atoms with Crippen LogP contribution in [0.4, 0.5) is 0 Å². The van der Waals surface area contributed by atoms with E-state index in [4.69, 9.17) is 5.73 Å². The molecule has 0 heterocycles. The van der Waals surface area contributed by atoms with Crippen molar-refractivity contribution in [3.8, 4) is 0 Å². The second kappa shape index (κ2) is 4.16. The molecule has 0 aromatic heterocycles. The molecule has 0 aliphatic rings. The van der Waals surface area contributed by atoms with E-state index in [-0.39, 0.29) is 11.3 Å². The molecule has 0 bridgehead atoms. The number of carbonyl (C=O) groups excluding carboxylic acids is 1. The van der Waals surface area contributed by atoms with E-state index in [1.807, 2.05) is 32.9 Å². The molecule has 0 aliphatic heterocycles. The van der Waals surface area contributed by atoms with Gasteiger partial charge in [0.25, 0.3) is 0 Å². The molecule has 1 amide bonds. The fraction of sp³-hybridized carbons (Fsp3) is 0.667. The quantitative estimate of drug-likeness (QED) is 0.618. The molecule has 0 saturated carbocycles. The number of carbonyl (C=O) groups is 1. The predicted molar refractivity (Wildman–Crippen MR) is 47.0 cm³/mol. The lowest BCUT2D eigenvalue weighted by Gasteiger charge is -2.18. The van der Waals surface area contributed by atoms with Gasteiger partial charge in [0.15, 0.2) is 0 Å². The first kappa shape index (κ1) is 10.2. The predicted octanol–water partition coefficient (Wildman–Crippen LogP) is 1.85. The van der Waals surface area contributed by atoms with Crippen LogP contribution in [0.25, 0.3) is 0 Å². The van der Waals surface area contributed by atoms with Crippen LogP contribution in [0.3, 0.4) is 0 Å². The van der Waals surface area contributed by atoms with Crippen molar-refractivity contribution in [2.24, 2.45) is 11.1 Å². The third-order valence-corrected chi connectivity index (χ3v) is 1.84. The van der Waals surface area contributed by atoms with Gasteiger partial charge in [-0.05, 0) is 19.8 Å². The van der Waals surface area contributed by atoms with Gasteiger partial charge in [0.2, 0.25) is 5.91 Å². The van der Waals surface area contributed by atoms with Crippen LogP contribution in [0.5, 0.6) is 0 Å². The lowest BCUT2D eigenvalue weighted by Crippen LogP contribution is -2.31. The zero-order chi connectivity index (χ0) is 8.91. The zero-order valence-electron chi connectivity index (χ0n) is 7.55. The second-order valence-corrected chi connectivity index (χ2v) is 3.36. The van der Waals surface area contributed by atoms with E-state index in [1.54, 1.807) is 0 Å². The summed E-state index contributed by atoms with van der Waals surface area (Å²) in [5, 5.41) is 0. The first-order valence-electron chi connectivity index (χ1n) is 3.92. The van der Waals surface area contributed by atoms with Gasteiger partial charge in [-0.3, -0.25) is 4.79 Å². The Morgan fingerprint density at radius 2 is 2.09 bits per heavy atom. The number of primary amides is 1. The Hall–Kier alpha value is -0.790. The molecule has 64 valence electrons. The number of amides is 1. The Kier molecular flexibility index (Phi) is 3.86. The molecule has 0 saturated heterocycles. The molecule has 0 spiro atoms. The van der Waals surface area contributed by atoms with Gasteiger partial charge >= 0.3 is 0 Å². The molecule has 0 aliphatic carbocycles. The largest absolute Gasteiger partial charge is 0.369 e. The molecule has 2 heteroatoms. The molecule has 2 nitrogen and oxygen atoms in total. The van der Waals surface area contributed by atoms with Gasteiger partial charge < -0.3 is 5.73 Å². The molecule has 0 fully saturated rings. The van der Waals surface area contributed by atoms with Gasteiger partial charge in [-0.15, -0.1) is 0 Å². The maximum atomic E-state index is 10.8. The molecular formula is C9H17NO. The minimum atomic E-state index is -0.362. The van der Waals surface area contributed by atoms with Crippen molar-refractivity contribution in [1.82, 2.24) is 0 Å². The Bertz CT molecular complexity index is 159. The van der Waals surface area contributed by atoms with Crippen LogP contribution in [-0.2, 0) is 4.79 Å². The lowest BCUT2D eigenvalue weighted by molar-refractivity contribution is -0.126. The first-order chi connectivity index (χ1) is 5.00. The van der Waals surface area contributed by atoms with E-state index >= 15 is 0 Å². The summed E-state index contributed by atoms with van der Waals surface area (Å²) >= 11 is 0. The van der Waals surface area contributed by atoms with Gasteiger partial charge in [0, 0.05) is 5.41 Å². The van der Waals surface area contributed by atoms with E-state index < -0.39 is 0 Å². The van der Waals surface area contributed by atoms with Crippen LogP contribution < -0.4 is 5.73 Å². The van der Waals surface area contributed by atoms with Gasteiger partial charge in [-0.2, -0.15) is 0 Å². The standard InChI is InChI=1S/C9H17NO/c1-4-5-6-7-9(2,3)8(10)11/h4-5H,6-7H2,1-3H3,(H2,10,11). The molecule has 0 radical (unpaired) electrons. The highest BCUT2D eigenvalue weighted by molar-refractivity contribution is 5.79. The van der Waals surface area contributed by atoms with Crippen molar-refractivity contribution in [3.63, 3.8) is 0 Å². The summed E-state index contributed by atoms with van der Waals surface area (Å²) in [4.78, 5) is 10.8. The molecule has 0 unspecified atom stereocenters. The normalized spacial score (nSPS) is 12.3. The molecule has 0 atom stereocenters. The van der Waals surface area contributed by atoms with E-state index in [0.717, 1.165) is 12.8 Å². The summed E-state index contributed by atoms with van der Waals surface area (Å²) in [7, 11) is 0. The Balaban J connectivity index is 3.82. The highest BCUT2D eigenvalue weighted by Crippen LogP contribution is 2.21. The number of allylic oxidation sites excluding steroid dienone is 2. The minimum Gasteiger partial charge on any atom is -0.369 e. The Morgan fingerprint density at radius 3 is 2.45 bits per heavy atom. The van der Waals surface area contributed by atoms with Gasteiger partial charge in [0.05, 0.1) is 0 Å². The van der Waals surface area contributed by atoms with Crippen molar-refractivity contribution in [2.75, 3.05) is 0 Å². The lowest BCUT2D eigenvalue weighted by atomic mass is 9.87.